The first-order chi connectivity index (χ1) is 10.3. The first kappa shape index (κ1) is 18.4. The van der Waals surface area contributed by atoms with Crippen LogP contribution in [0, 0.1) is 0 Å². The molecule has 0 aromatic carbocycles. The molecule has 0 aliphatic heterocycles. The number of carbonyl (C=O) groups is 1. The van der Waals surface area contributed by atoms with Crippen LogP contribution in [0.25, 0.3) is 0 Å². The fourth-order valence-electron chi connectivity index (χ4n) is 1.83. The predicted molar refractivity (Wildman–Crippen MR) is 84.6 cm³/mol. The molecule has 7 heteroatoms. The largest absolute Gasteiger partial charge is 0.444 e. The number of methoxy groups -OCH3 is 1. The van der Waals surface area contributed by atoms with E-state index in [1.165, 1.54) is 0 Å². The van der Waals surface area contributed by atoms with Crippen LogP contribution < -0.4 is 5.32 Å². The zero-order chi connectivity index (χ0) is 16.6. The summed E-state index contributed by atoms with van der Waals surface area (Å²) in [5, 5.41) is 7.42. The fraction of sp³-hybridized carbons (Fsp3) is 0.733. The van der Waals surface area contributed by atoms with Crippen molar-refractivity contribution in [3.8, 4) is 0 Å². The van der Waals surface area contributed by atoms with Crippen molar-refractivity contribution < 1.29 is 14.3 Å². The topological polar surface area (TPSA) is 68.6 Å². The van der Waals surface area contributed by atoms with Gasteiger partial charge in [-0.15, -0.1) is 0 Å². The summed E-state index contributed by atoms with van der Waals surface area (Å²) in [7, 11) is 3.52. The first-order valence-corrected chi connectivity index (χ1v) is 7.48. The van der Waals surface area contributed by atoms with Crippen LogP contribution in [0.5, 0.6) is 0 Å². The molecule has 0 unspecified atom stereocenters. The number of amides is 1. The predicted octanol–water partition coefficient (Wildman–Crippen LogP) is 1.39. The average Bonchev–Trinajstić information content (AvgIpc) is 2.81. The van der Waals surface area contributed by atoms with Crippen molar-refractivity contribution in [3.05, 3.63) is 18.0 Å². The lowest BCUT2D eigenvalue weighted by Crippen LogP contribution is -2.42. The Hall–Kier alpha value is -1.60. The van der Waals surface area contributed by atoms with E-state index < -0.39 is 5.60 Å². The minimum atomic E-state index is -0.495. The van der Waals surface area contributed by atoms with Gasteiger partial charge in [0, 0.05) is 46.5 Å². The quantitative estimate of drug-likeness (QED) is 0.735. The van der Waals surface area contributed by atoms with Gasteiger partial charge in [-0.3, -0.25) is 4.68 Å². The second-order valence-corrected chi connectivity index (χ2v) is 6.08. The Kier molecular flexibility index (Phi) is 7.34. The van der Waals surface area contributed by atoms with E-state index in [2.05, 4.69) is 10.4 Å². The molecule has 1 N–H and O–H groups in total. The molecule has 0 saturated heterocycles. The maximum absolute atomic E-state index is 12.1. The van der Waals surface area contributed by atoms with Crippen molar-refractivity contribution in [2.75, 3.05) is 33.4 Å². The molecule has 1 heterocycles. The molecule has 0 aliphatic carbocycles. The Bertz CT molecular complexity index is 454. The zero-order valence-electron chi connectivity index (χ0n) is 14.3. The maximum atomic E-state index is 12.1. The second kappa shape index (κ2) is 8.75. The number of hydrogen-bond acceptors (Lipinski definition) is 5. The summed E-state index contributed by atoms with van der Waals surface area (Å²) in [6.07, 6.45) is 1.45. The van der Waals surface area contributed by atoms with E-state index in [1.54, 1.807) is 18.2 Å². The maximum Gasteiger partial charge on any atom is 0.410 e. The third-order valence-corrected chi connectivity index (χ3v) is 3.00. The van der Waals surface area contributed by atoms with E-state index in [1.807, 2.05) is 38.6 Å². The van der Waals surface area contributed by atoms with Crippen LogP contribution in [-0.4, -0.2) is 59.7 Å². The SMILES string of the molecule is COCCN(CCNCc1ccnn1C)C(=O)OC(C)(C)C. The van der Waals surface area contributed by atoms with Gasteiger partial charge in [0.25, 0.3) is 0 Å². The number of nitrogens with one attached hydrogen (secondary N) is 1. The van der Waals surface area contributed by atoms with Crippen LogP contribution in [0.15, 0.2) is 12.3 Å². The van der Waals surface area contributed by atoms with Crippen molar-refractivity contribution in [1.82, 2.24) is 20.0 Å². The summed E-state index contributed by atoms with van der Waals surface area (Å²) in [6, 6.07) is 1.96. The minimum absolute atomic E-state index is 0.313. The van der Waals surface area contributed by atoms with Gasteiger partial charge in [0.2, 0.25) is 0 Å². The fourth-order valence-corrected chi connectivity index (χ4v) is 1.83. The van der Waals surface area contributed by atoms with E-state index in [-0.39, 0.29) is 6.09 Å². The highest BCUT2D eigenvalue weighted by Crippen LogP contribution is 2.09. The minimum Gasteiger partial charge on any atom is -0.444 e. The van der Waals surface area contributed by atoms with Crippen LogP contribution in [0.3, 0.4) is 0 Å². The van der Waals surface area contributed by atoms with Crippen LogP contribution in [-0.2, 0) is 23.1 Å². The van der Waals surface area contributed by atoms with Crippen molar-refractivity contribution in [2.45, 2.75) is 32.9 Å². The van der Waals surface area contributed by atoms with Crippen molar-refractivity contribution >= 4 is 6.09 Å². The molecular weight excluding hydrogens is 284 g/mol. The summed E-state index contributed by atoms with van der Waals surface area (Å²) in [5.74, 6) is 0. The molecule has 0 spiro atoms. The summed E-state index contributed by atoms with van der Waals surface area (Å²) < 4.78 is 12.3. The van der Waals surface area contributed by atoms with E-state index >= 15 is 0 Å². The normalized spacial score (nSPS) is 11.5. The third-order valence-electron chi connectivity index (χ3n) is 3.00. The number of nitrogens with zero attached hydrogens (tertiary/aromatic N) is 3. The van der Waals surface area contributed by atoms with Crippen LogP contribution >= 0.6 is 0 Å². The van der Waals surface area contributed by atoms with Crippen LogP contribution in [0.4, 0.5) is 4.79 Å². The lowest BCUT2D eigenvalue weighted by atomic mass is 10.2. The first-order valence-electron chi connectivity index (χ1n) is 7.48. The molecule has 0 fully saturated rings. The summed E-state index contributed by atoms with van der Waals surface area (Å²) in [4.78, 5) is 13.8. The Balaban J connectivity index is 2.40. The molecule has 1 aromatic rings. The standard InChI is InChI=1S/C15H28N4O3/c1-15(2,3)22-14(20)19(10-11-21-5)9-8-16-12-13-6-7-17-18(13)4/h6-7,16H,8-12H2,1-5H3. The monoisotopic (exact) mass is 312 g/mol. The molecule has 1 amide bonds. The van der Waals surface area contributed by atoms with Gasteiger partial charge in [-0.25, -0.2) is 4.79 Å². The molecule has 0 radical (unpaired) electrons. The van der Waals surface area contributed by atoms with Gasteiger partial charge >= 0.3 is 6.09 Å². The second-order valence-electron chi connectivity index (χ2n) is 6.08. The highest BCUT2D eigenvalue weighted by atomic mass is 16.6. The molecule has 0 bridgehead atoms. The molecule has 0 atom stereocenters. The number of carbonyl (C=O) groups excluding carboxylic acids is 1. The average molecular weight is 312 g/mol. The molecule has 126 valence electrons. The Labute approximate surface area is 132 Å². The van der Waals surface area contributed by atoms with Crippen LogP contribution in [0.2, 0.25) is 0 Å². The molecule has 22 heavy (non-hydrogen) atoms. The molecule has 0 aliphatic rings. The van der Waals surface area contributed by atoms with Crippen LogP contribution in [0.1, 0.15) is 26.5 Å². The number of ether oxygens (including phenoxy) is 2. The van der Waals surface area contributed by atoms with E-state index in [9.17, 15) is 4.79 Å². The number of aryl methyl sites for hydroxylation is 1. The van der Waals surface area contributed by atoms with Crippen molar-refractivity contribution in [1.29, 1.82) is 0 Å². The summed E-state index contributed by atoms with van der Waals surface area (Å²) in [6.45, 7) is 8.53. The van der Waals surface area contributed by atoms with Gasteiger partial charge in [0.1, 0.15) is 5.60 Å². The van der Waals surface area contributed by atoms with Crippen molar-refractivity contribution in [2.24, 2.45) is 7.05 Å². The number of rotatable bonds is 8. The molecule has 7 nitrogen and oxygen atoms in total. The van der Waals surface area contributed by atoms with Gasteiger partial charge in [0.15, 0.2) is 0 Å². The highest BCUT2D eigenvalue weighted by Gasteiger charge is 2.21. The van der Waals surface area contributed by atoms with Gasteiger partial charge in [-0.05, 0) is 26.8 Å². The highest BCUT2D eigenvalue weighted by molar-refractivity contribution is 5.68. The zero-order valence-corrected chi connectivity index (χ0v) is 14.3. The van der Waals surface area contributed by atoms with Gasteiger partial charge in [-0.1, -0.05) is 0 Å². The van der Waals surface area contributed by atoms with Crippen molar-refractivity contribution in [3.63, 3.8) is 0 Å². The molecular formula is C15H28N4O3. The van der Waals surface area contributed by atoms with Gasteiger partial charge < -0.3 is 19.7 Å². The van der Waals surface area contributed by atoms with Gasteiger partial charge in [0.05, 0.1) is 12.3 Å². The lowest BCUT2D eigenvalue weighted by molar-refractivity contribution is 0.0204. The molecule has 1 aromatic heterocycles. The Morgan fingerprint density at radius 1 is 1.41 bits per heavy atom. The third kappa shape index (κ3) is 6.91. The summed E-state index contributed by atoms with van der Waals surface area (Å²) >= 11 is 0. The number of aromatic nitrogens is 2. The van der Waals surface area contributed by atoms with Gasteiger partial charge in [-0.2, -0.15) is 5.10 Å². The Morgan fingerprint density at radius 3 is 2.68 bits per heavy atom. The Morgan fingerprint density at radius 2 is 2.14 bits per heavy atom. The summed E-state index contributed by atoms with van der Waals surface area (Å²) in [5.41, 5.74) is 0.602. The lowest BCUT2D eigenvalue weighted by Gasteiger charge is -2.27. The van der Waals surface area contributed by atoms with E-state index in [4.69, 9.17) is 9.47 Å². The molecule has 0 saturated carbocycles. The van der Waals surface area contributed by atoms with E-state index in [0.717, 1.165) is 5.69 Å². The molecule has 1 rings (SSSR count). The smallest absolute Gasteiger partial charge is 0.410 e. The van der Waals surface area contributed by atoms with E-state index in [0.29, 0.717) is 32.8 Å². The number of hydrogen-bond donors (Lipinski definition) is 1.